The van der Waals surface area contributed by atoms with E-state index in [-0.39, 0.29) is 23.0 Å². The van der Waals surface area contributed by atoms with E-state index in [1.165, 1.54) is 12.1 Å². The molecule has 1 aromatic heterocycles. The second-order valence-electron chi connectivity index (χ2n) is 9.27. The van der Waals surface area contributed by atoms with Crippen LogP contribution in [0, 0.1) is 6.92 Å². The maximum Gasteiger partial charge on any atom is 0.586 e. The number of carboxylic acid groups (broad SMARTS) is 1. The van der Waals surface area contributed by atoms with E-state index in [2.05, 4.69) is 10.3 Å². The van der Waals surface area contributed by atoms with E-state index in [0.717, 1.165) is 11.1 Å². The Morgan fingerprint density at radius 3 is 2.49 bits per heavy atom. The number of hydrogen-bond donors (Lipinski definition) is 2. The number of aryl methyl sites for hydroxylation is 1. The zero-order chi connectivity index (χ0) is 25.9. The molecule has 37 heavy (non-hydrogen) atoms. The van der Waals surface area contributed by atoms with E-state index in [0.29, 0.717) is 40.6 Å². The van der Waals surface area contributed by atoms with Gasteiger partial charge in [-0.25, -0.2) is 9.78 Å². The number of aromatic nitrogens is 1. The molecule has 2 heterocycles. The molecule has 0 radical (unpaired) electrons. The average Bonchev–Trinajstić information content (AvgIpc) is 3.62. The number of aromatic carboxylic acids is 1. The molecule has 2 N–H and O–H groups in total. The standard InChI is InChI=1S/C28H20F2N2O5/c1-15-14-31-23(12-20(15)16-5-4-6-17(11-16)25(33)34)32-26(35)27(9-10-27)21-13-22-24(37-28(29,30)36-22)19-8-3-2-7-18(19)21/h2-8,11-14H,9-10H2,1H3,(H,33,34)(H,31,32,35). The molecule has 1 amide bonds. The van der Waals surface area contributed by atoms with Crippen molar-refractivity contribution in [3.8, 4) is 22.6 Å². The minimum Gasteiger partial charge on any atom is -0.478 e. The molecule has 4 aromatic rings. The summed E-state index contributed by atoms with van der Waals surface area (Å²) in [4.78, 5) is 29.3. The van der Waals surface area contributed by atoms with Crippen molar-refractivity contribution in [2.45, 2.75) is 31.5 Å². The number of alkyl halides is 2. The fourth-order valence-electron chi connectivity index (χ4n) is 4.87. The van der Waals surface area contributed by atoms with Gasteiger partial charge in [0.1, 0.15) is 5.82 Å². The molecule has 6 rings (SSSR count). The van der Waals surface area contributed by atoms with Crippen molar-refractivity contribution in [3.63, 3.8) is 0 Å². The first kappa shape index (κ1) is 22.9. The van der Waals surface area contributed by atoms with Gasteiger partial charge in [-0.2, -0.15) is 0 Å². The summed E-state index contributed by atoms with van der Waals surface area (Å²) in [6.07, 6.45) is -1.12. The predicted molar refractivity (Wildman–Crippen MR) is 131 cm³/mol. The number of ether oxygens (including phenoxy) is 2. The van der Waals surface area contributed by atoms with E-state index < -0.39 is 17.7 Å². The van der Waals surface area contributed by atoms with Crippen LogP contribution in [-0.4, -0.2) is 28.3 Å². The summed E-state index contributed by atoms with van der Waals surface area (Å²) in [5, 5.41) is 13.3. The minimum absolute atomic E-state index is 0.0472. The Kier molecular flexibility index (Phi) is 4.95. The van der Waals surface area contributed by atoms with Gasteiger partial charge in [0.25, 0.3) is 0 Å². The van der Waals surface area contributed by atoms with E-state index in [9.17, 15) is 23.5 Å². The third-order valence-electron chi connectivity index (χ3n) is 6.88. The Morgan fingerprint density at radius 2 is 1.76 bits per heavy atom. The highest BCUT2D eigenvalue weighted by Crippen LogP contribution is 2.56. The van der Waals surface area contributed by atoms with E-state index in [1.807, 2.05) is 6.92 Å². The maximum absolute atomic E-state index is 13.9. The fourth-order valence-corrected chi connectivity index (χ4v) is 4.87. The summed E-state index contributed by atoms with van der Waals surface area (Å²) in [6, 6.07) is 16.6. The highest BCUT2D eigenvalue weighted by Gasteiger charge is 2.54. The average molecular weight is 502 g/mol. The van der Waals surface area contributed by atoms with Crippen LogP contribution in [-0.2, 0) is 10.2 Å². The number of carbonyl (C=O) groups excluding carboxylic acids is 1. The molecule has 0 atom stereocenters. The topological polar surface area (TPSA) is 97.8 Å². The lowest BCUT2D eigenvalue weighted by molar-refractivity contribution is -0.286. The van der Waals surface area contributed by atoms with Crippen LogP contribution in [0.2, 0.25) is 0 Å². The quantitative estimate of drug-likeness (QED) is 0.353. The Morgan fingerprint density at radius 1 is 1.00 bits per heavy atom. The third-order valence-corrected chi connectivity index (χ3v) is 6.88. The monoisotopic (exact) mass is 502 g/mol. The first-order chi connectivity index (χ1) is 17.7. The molecular formula is C28H20F2N2O5. The summed E-state index contributed by atoms with van der Waals surface area (Å²) in [7, 11) is 0. The number of carbonyl (C=O) groups is 2. The highest BCUT2D eigenvalue weighted by atomic mass is 19.3. The lowest BCUT2D eigenvalue weighted by Gasteiger charge is -2.19. The number of halogens is 2. The predicted octanol–water partition coefficient (Wildman–Crippen LogP) is 5.90. The van der Waals surface area contributed by atoms with Crippen LogP contribution < -0.4 is 14.8 Å². The maximum atomic E-state index is 13.9. The zero-order valence-corrected chi connectivity index (χ0v) is 19.5. The van der Waals surface area contributed by atoms with Gasteiger partial charge in [-0.15, -0.1) is 8.78 Å². The lowest BCUT2D eigenvalue weighted by atomic mass is 9.89. The number of fused-ring (bicyclic) bond motifs is 3. The van der Waals surface area contributed by atoms with Gasteiger partial charge in [-0.05, 0) is 71.7 Å². The molecule has 0 spiro atoms. The Labute approximate surface area is 209 Å². The molecule has 1 saturated carbocycles. The molecule has 1 fully saturated rings. The number of anilines is 1. The van der Waals surface area contributed by atoms with Crippen LogP contribution >= 0.6 is 0 Å². The zero-order valence-electron chi connectivity index (χ0n) is 19.5. The van der Waals surface area contributed by atoms with Crippen LogP contribution in [0.5, 0.6) is 11.5 Å². The number of carboxylic acids is 1. The van der Waals surface area contributed by atoms with Crippen molar-refractivity contribution < 1.29 is 33.0 Å². The number of hydrogen-bond acceptors (Lipinski definition) is 5. The SMILES string of the molecule is Cc1cnc(NC(=O)C2(c3cc4c(c5ccccc35)OC(F)(F)O4)CC2)cc1-c1cccc(C(=O)O)c1. The van der Waals surface area contributed by atoms with Crippen molar-refractivity contribution >= 4 is 28.5 Å². The van der Waals surface area contributed by atoms with Crippen LogP contribution in [0.15, 0.2) is 66.9 Å². The second kappa shape index (κ2) is 7.99. The number of pyridine rings is 1. The molecule has 2 aliphatic rings. The van der Waals surface area contributed by atoms with Gasteiger partial charge in [-0.1, -0.05) is 36.4 Å². The van der Waals surface area contributed by atoms with Crippen LogP contribution in [0.25, 0.3) is 21.9 Å². The van der Waals surface area contributed by atoms with Crippen molar-refractivity contribution in [1.82, 2.24) is 4.98 Å². The van der Waals surface area contributed by atoms with Crippen molar-refractivity contribution in [3.05, 3.63) is 83.6 Å². The summed E-state index contributed by atoms with van der Waals surface area (Å²) in [5.41, 5.74) is 2.02. The van der Waals surface area contributed by atoms with Crippen molar-refractivity contribution in [2.24, 2.45) is 0 Å². The van der Waals surface area contributed by atoms with Gasteiger partial charge in [0.15, 0.2) is 11.5 Å². The van der Waals surface area contributed by atoms with E-state index in [4.69, 9.17) is 9.47 Å². The molecule has 186 valence electrons. The number of nitrogens with one attached hydrogen (secondary N) is 1. The molecule has 0 bridgehead atoms. The number of benzene rings is 3. The van der Waals surface area contributed by atoms with E-state index in [1.54, 1.807) is 54.7 Å². The van der Waals surface area contributed by atoms with Gasteiger partial charge in [0.05, 0.1) is 11.0 Å². The van der Waals surface area contributed by atoms with Gasteiger partial charge >= 0.3 is 12.3 Å². The highest BCUT2D eigenvalue weighted by molar-refractivity contribution is 6.06. The molecule has 9 heteroatoms. The van der Waals surface area contributed by atoms with Gasteiger partial charge in [0.2, 0.25) is 5.91 Å². The summed E-state index contributed by atoms with van der Waals surface area (Å²) >= 11 is 0. The summed E-state index contributed by atoms with van der Waals surface area (Å²) < 4.78 is 37.2. The van der Waals surface area contributed by atoms with Crippen LogP contribution in [0.4, 0.5) is 14.6 Å². The number of nitrogens with zero attached hydrogens (tertiary/aromatic N) is 1. The summed E-state index contributed by atoms with van der Waals surface area (Å²) in [5.74, 6) is -1.20. The molecular weight excluding hydrogens is 482 g/mol. The number of amides is 1. The molecule has 7 nitrogen and oxygen atoms in total. The fraction of sp³-hybridized carbons (Fsp3) is 0.179. The number of rotatable bonds is 5. The van der Waals surface area contributed by atoms with Crippen LogP contribution in [0.1, 0.15) is 34.3 Å². The van der Waals surface area contributed by atoms with Gasteiger partial charge in [-0.3, -0.25) is 4.79 Å². The smallest absolute Gasteiger partial charge is 0.478 e. The molecule has 3 aromatic carbocycles. The van der Waals surface area contributed by atoms with Crippen molar-refractivity contribution in [2.75, 3.05) is 5.32 Å². The van der Waals surface area contributed by atoms with Crippen LogP contribution in [0.3, 0.4) is 0 Å². The normalized spacial score (nSPS) is 16.4. The largest absolute Gasteiger partial charge is 0.586 e. The minimum atomic E-state index is -3.77. The molecule has 0 unspecified atom stereocenters. The van der Waals surface area contributed by atoms with Gasteiger partial charge < -0.3 is 19.9 Å². The van der Waals surface area contributed by atoms with E-state index >= 15 is 0 Å². The first-order valence-electron chi connectivity index (χ1n) is 11.6. The first-order valence-corrected chi connectivity index (χ1v) is 11.6. The lowest BCUT2D eigenvalue weighted by Crippen LogP contribution is -2.28. The second-order valence-corrected chi connectivity index (χ2v) is 9.27. The van der Waals surface area contributed by atoms with Crippen molar-refractivity contribution in [1.29, 1.82) is 0 Å². The van der Waals surface area contributed by atoms with Gasteiger partial charge in [0, 0.05) is 11.6 Å². The molecule has 0 saturated heterocycles. The Balaban J connectivity index is 1.36. The Hall–Kier alpha value is -4.53. The third kappa shape index (κ3) is 3.83. The summed E-state index contributed by atoms with van der Waals surface area (Å²) in [6.45, 7) is 1.85. The molecule has 1 aliphatic carbocycles. The Bertz CT molecular complexity index is 1610. The molecule has 1 aliphatic heterocycles.